The van der Waals surface area contributed by atoms with Crippen molar-refractivity contribution < 1.29 is 9.59 Å². The van der Waals surface area contributed by atoms with E-state index in [0.29, 0.717) is 17.9 Å². The standard InChI is InChI=1S/C16H20N4O2S/c1-19(2)15(21)14-11-12(6-8-17-14)18-16(22)20(3)9-7-13-5-4-10-23-13/h4-6,8,10-11H,7,9H2,1-3H3,(H,17,18,22). The number of nitrogens with zero attached hydrogens (tertiary/aromatic N) is 3. The molecule has 6 nitrogen and oxygen atoms in total. The first-order chi connectivity index (χ1) is 11.0. The summed E-state index contributed by atoms with van der Waals surface area (Å²) in [4.78, 5) is 32.4. The number of pyridine rings is 1. The SMILES string of the molecule is CN(C)C(=O)c1cc(NC(=O)N(C)CCc2cccs2)ccn1. The topological polar surface area (TPSA) is 65.5 Å². The molecule has 0 aliphatic rings. The zero-order valence-corrected chi connectivity index (χ0v) is 14.3. The van der Waals surface area contributed by atoms with Gasteiger partial charge in [-0.25, -0.2) is 4.79 Å². The highest BCUT2D eigenvalue weighted by molar-refractivity contribution is 7.09. The highest BCUT2D eigenvalue weighted by atomic mass is 32.1. The van der Waals surface area contributed by atoms with Gasteiger partial charge < -0.3 is 15.1 Å². The Balaban J connectivity index is 1.94. The molecule has 0 aliphatic carbocycles. The lowest BCUT2D eigenvalue weighted by Crippen LogP contribution is -2.33. The zero-order chi connectivity index (χ0) is 16.8. The van der Waals surface area contributed by atoms with Crippen molar-refractivity contribution in [3.8, 4) is 0 Å². The van der Waals surface area contributed by atoms with E-state index in [1.54, 1.807) is 49.5 Å². The third kappa shape index (κ3) is 4.79. The van der Waals surface area contributed by atoms with Crippen LogP contribution in [0.15, 0.2) is 35.8 Å². The molecule has 7 heteroatoms. The maximum Gasteiger partial charge on any atom is 0.321 e. The lowest BCUT2D eigenvalue weighted by atomic mass is 10.3. The minimum Gasteiger partial charge on any atom is -0.343 e. The number of likely N-dealkylation sites (N-methyl/N-ethyl adjacent to an activating group) is 1. The van der Waals surface area contributed by atoms with Gasteiger partial charge in [0, 0.05) is 44.4 Å². The fourth-order valence-corrected chi connectivity index (χ4v) is 2.61. The molecule has 0 aliphatic heterocycles. The van der Waals surface area contributed by atoms with E-state index in [9.17, 15) is 9.59 Å². The van der Waals surface area contributed by atoms with Gasteiger partial charge in [-0.05, 0) is 30.0 Å². The molecule has 0 bridgehead atoms. The average molecular weight is 332 g/mol. The quantitative estimate of drug-likeness (QED) is 0.915. The van der Waals surface area contributed by atoms with Crippen molar-refractivity contribution in [1.29, 1.82) is 0 Å². The van der Waals surface area contributed by atoms with E-state index in [2.05, 4.69) is 16.4 Å². The molecule has 0 saturated carbocycles. The lowest BCUT2D eigenvalue weighted by Gasteiger charge is -2.18. The van der Waals surface area contributed by atoms with Gasteiger partial charge in [0.1, 0.15) is 5.69 Å². The first-order valence-electron chi connectivity index (χ1n) is 7.19. The summed E-state index contributed by atoms with van der Waals surface area (Å²) in [5.41, 5.74) is 0.854. The van der Waals surface area contributed by atoms with Crippen LogP contribution in [0.3, 0.4) is 0 Å². The van der Waals surface area contributed by atoms with Crippen LogP contribution in [-0.4, -0.2) is 54.4 Å². The van der Waals surface area contributed by atoms with Crippen LogP contribution in [0.25, 0.3) is 0 Å². The monoisotopic (exact) mass is 332 g/mol. The number of amides is 3. The van der Waals surface area contributed by atoms with Crippen molar-refractivity contribution in [2.75, 3.05) is 33.0 Å². The molecule has 3 amide bonds. The maximum atomic E-state index is 12.2. The van der Waals surface area contributed by atoms with E-state index in [0.717, 1.165) is 6.42 Å². The van der Waals surface area contributed by atoms with Gasteiger partial charge in [-0.3, -0.25) is 9.78 Å². The second kappa shape index (κ2) is 7.73. The van der Waals surface area contributed by atoms with Crippen molar-refractivity contribution >= 4 is 29.0 Å². The third-order valence-corrected chi connectivity index (χ3v) is 4.19. The number of hydrogen-bond acceptors (Lipinski definition) is 4. The highest BCUT2D eigenvalue weighted by Gasteiger charge is 2.13. The van der Waals surface area contributed by atoms with Gasteiger partial charge in [0.15, 0.2) is 0 Å². The number of rotatable bonds is 5. The van der Waals surface area contributed by atoms with E-state index in [-0.39, 0.29) is 11.9 Å². The van der Waals surface area contributed by atoms with Crippen LogP contribution in [0, 0.1) is 0 Å². The summed E-state index contributed by atoms with van der Waals surface area (Å²) < 4.78 is 0. The molecule has 122 valence electrons. The van der Waals surface area contributed by atoms with E-state index in [1.807, 2.05) is 11.4 Å². The van der Waals surface area contributed by atoms with E-state index >= 15 is 0 Å². The number of carbonyl (C=O) groups is 2. The highest BCUT2D eigenvalue weighted by Crippen LogP contribution is 2.12. The third-order valence-electron chi connectivity index (χ3n) is 3.26. The minimum atomic E-state index is -0.212. The van der Waals surface area contributed by atoms with Gasteiger partial charge in [0.2, 0.25) is 0 Å². The summed E-state index contributed by atoms with van der Waals surface area (Å²) in [6.07, 6.45) is 2.33. The summed E-state index contributed by atoms with van der Waals surface area (Å²) >= 11 is 1.68. The van der Waals surface area contributed by atoms with Crippen LogP contribution < -0.4 is 5.32 Å². The van der Waals surface area contributed by atoms with Gasteiger partial charge in [0.05, 0.1) is 0 Å². The molecule has 2 heterocycles. The van der Waals surface area contributed by atoms with Gasteiger partial charge >= 0.3 is 6.03 Å². The van der Waals surface area contributed by atoms with Crippen LogP contribution in [0.2, 0.25) is 0 Å². The molecule has 0 radical (unpaired) electrons. The smallest absolute Gasteiger partial charge is 0.321 e. The molecule has 0 spiro atoms. The molecular formula is C16H20N4O2S. The molecule has 0 atom stereocenters. The number of aromatic nitrogens is 1. The Kier molecular flexibility index (Phi) is 5.70. The van der Waals surface area contributed by atoms with Crippen molar-refractivity contribution in [3.63, 3.8) is 0 Å². The van der Waals surface area contributed by atoms with Crippen LogP contribution >= 0.6 is 11.3 Å². The zero-order valence-electron chi connectivity index (χ0n) is 13.4. The number of carbonyl (C=O) groups excluding carboxylic acids is 2. The predicted octanol–water partition coefficient (Wildman–Crippen LogP) is 2.55. The Bertz CT molecular complexity index is 670. The van der Waals surface area contributed by atoms with Crippen LogP contribution in [0.4, 0.5) is 10.5 Å². The van der Waals surface area contributed by atoms with Gasteiger partial charge in [0.25, 0.3) is 5.91 Å². The Morgan fingerprint density at radius 3 is 2.70 bits per heavy atom. The van der Waals surface area contributed by atoms with E-state index in [1.165, 1.54) is 16.0 Å². The molecule has 0 saturated heterocycles. The van der Waals surface area contributed by atoms with Crippen LogP contribution in [-0.2, 0) is 6.42 Å². The molecular weight excluding hydrogens is 312 g/mol. The Hall–Kier alpha value is -2.41. The Morgan fingerprint density at radius 1 is 1.26 bits per heavy atom. The number of anilines is 1. The van der Waals surface area contributed by atoms with Crippen LogP contribution in [0.5, 0.6) is 0 Å². The first kappa shape index (κ1) is 17.0. The molecule has 0 fully saturated rings. The van der Waals surface area contributed by atoms with Crippen LogP contribution in [0.1, 0.15) is 15.4 Å². The Morgan fingerprint density at radius 2 is 2.04 bits per heavy atom. The normalized spacial score (nSPS) is 10.2. The van der Waals surface area contributed by atoms with Gasteiger partial charge in [-0.15, -0.1) is 11.3 Å². The number of nitrogens with one attached hydrogen (secondary N) is 1. The summed E-state index contributed by atoms with van der Waals surface area (Å²) in [6.45, 7) is 0.626. The number of hydrogen-bond donors (Lipinski definition) is 1. The van der Waals surface area contributed by atoms with Crippen molar-refractivity contribution in [2.45, 2.75) is 6.42 Å². The molecule has 2 aromatic heterocycles. The van der Waals surface area contributed by atoms with Gasteiger partial charge in [-0.1, -0.05) is 6.07 Å². The number of urea groups is 1. The van der Waals surface area contributed by atoms with E-state index < -0.39 is 0 Å². The lowest BCUT2D eigenvalue weighted by molar-refractivity contribution is 0.0822. The molecule has 0 aromatic carbocycles. The molecule has 1 N–H and O–H groups in total. The second-order valence-electron chi connectivity index (χ2n) is 5.31. The summed E-state index contributed by atoms with van der Waals surface area (Å²) in [6, 6.07) is 7.08. The molecule has 2 aromatic rings. The van der Waals surface area contributed by atoms with E-state index in [4.69, 9.17) is 0 Å². The minimum absolute atomic E-state index is 0.202. The van der Waals surface area contributed by atoms with Crippen molar-refractivity contribution in [3.05, 3.63) is 46.4 Å². The molecule has 0 unspecified atom stereocenters. The second-order valence-corrected chi connectivity index (χ2v) is 6.34. The number of thiophene rings is 1. The molecule has 2 rings (SSSR count). The summed E-state index contributed by atoms with van der Waals surface area (Å²) in [7, 11) is 5.07. The Labute approximate surface area is 139 Å². The fourth-order valence-electron chi connectivity index (χ4n) is 1.91. The predicted molar refractivity (Wildman–Crippen MR) is 91.9 cm³/mol. The average Bonchev–Trinajstić information content (AvgIpc) is 3.05. The fraction of sp³-hybridized carbons (Fsp3) is 0.312. The molecule has 23 heavy (non-hydrogen) atoms. The maximum absolute atomic E-state index is 12.2. The van der Waals surface area contributed by atoms with Gasteiger partial charge in [-0.2, -0.15) is 0 Å². The summed E-state index contributed by atoms with van der Waals surface area (Å²) in [5.74, 6) is -0.202. The summed E-state index contributed by atoms with van der Waals surface area (Å²) in [5, 5.41) is 4.81. The van der Waals surface area contributed by atoms with Crippen molar-refractivity contribution in [1.82, 2.24) is 14.8 Å². The van der Waals surface area contributed by atoms with Crippen molar-refractivity contribution in [2.24, 2.45) is 0 Å². The first-order valence-corrected chi connectivity index (χ1v) is 8.07. The largest absolute Gasteiger partial charge is 0.343 e.